The molecule has 4 nitrogen and oxygen atoms in total. The fraction of sp³-hybridized carbons (Fsp3) is 0.519. The van der Waals surface area contributed by atoms with Gasteiger partial charge in [0, 0.05) is 37.2 Å². The summed E-state index contributed by atoms with van der Waals surface area (Å²) in [5.41, 5.74) is 3.84. The molecule has 2 aliphatic rings. The summed E-state index contributed by atoms with van der Waals surface area (Å²) in [6.07, 6.45) is 4.74. The van der Waals surface area contributed by atoms with Gasteiger partial charge in [-0.3, -0.25) is 14.6 Å². The van der Waals surface area contributed by atoms with Crippen LogP contribution in [0.5, 0.6) is 0 Å². The van der Waals surface area contributed by atoms with E-state index in [1.807, 2.05) is 0 Å². The average molecular weight is 499 g/mol. The molecule has 2 saturated heterocycles. The number of nitrogens with zero attached hydrogens (tertiary/aromatic N) is 2. The molecule has 0 spiro atoms. The van der Waals surface area contributed by atoms with Gasteiger partial charge in [0.25, 0.3) is 0 Å². The molecule has 1 N–H and O–H groups in total. The Morgan fingerprint density at radius 3 is 2.09 bits per heavy atom. The first-order valence-electron chi connectivity index (χ1n) is 12.1. The predicted octanol–water partition coefficient (Wildman–Crippen LogP) is 5.21. The first-order valence-corrected chi connectivity index (χ1v) is 12.9. The fourth-order valence-corrected chi connectivity index (χ4v) is 5.31. The summed E-state index contributed by atoms with van der Waals surface area (Å²) in [6, 6.07) is 17.3. The first-order chi connectivity index (χ1) is 15.5. The molecule has 172 valence electrons. The van der Waals surface area contributed by atoms with Crippen molar-refractivity contribution in [3.8, 4) is 0 Å². The number of carbonyl (C=O) groups excluding carboxylic acids is 1. The summed E-state index contributed by atoms with van der Waals surface area (Å²) in [7, 11) is 0. The average Bonchev–Trinajstić information content (AvgIpc) is 2.80. The van der Waals surface area contributed by atoms with Crippen molar-refractivity contribution in [1.82, 2.24) is 15.1 Å². The molecule has 2 fully saturated rings. The Morgan fingerprint density at radius 2 is 1.44 bits per heavy atom. The minimum atomic E-state index is 0.0829. The van der Waals surface area contributed by atoms with Gasteiger partial charge in [-0.2, -0.15) is 0 Å². The molecular formula is C27H36BrN3O. The highest BCUT2D eigenvalue weighted by atomic mass is 79.9. The van der Waals surface area contributed by atoms with Gasteiger partial charge in [0.1, 0.15) is 0 Å². The molecule has 4 rings (SSSR count). The van der Waals surface area contributed by atoms with Gasteiger partial charge in [-0.1, -0.05) is 59.3 Å². The molecule has 0 aromatic heterocycles. The minimum Gasteiger partial charge on any atom is -0.352 e. The SMILES string of the molecule is CC1CCCN(Cc2ccc(CNC(=O)C3CCCN(Cc4ccc(Br)cc4)C3)cc2)C1. The molecule has 0 aliphatic carbocycles. The molecule has 5 heteroatoms. The third-order valence-electron chi connectivity index (χ3n) is 6.83. The van der Waals surface area contributed by atoms with E-state index in [0.29, 0.717) is 6.54 Å². The van der Waals surface area contributed by atoms with Crippen molar-refractivity contribution in [2.75, 3.05) is 26.2 Å². The monoisotopic (exact) mass is 497 g/mol. The third kappa shape index (κ3) is 6.90. The van der Waals surface area contributed by atoms with Crippen molar-refractivity contribution < 1.29 is 4.79 Å². The topological polar surface area (TPSA) is 35.6 Å². The predicted molar refractivity (Wildman–Crippen MR) is 134 cm³/mol. The number of nitrogens with one attached hydrogen (secondary N) is 1. The second-order valence-electron chi connectivity index (χ2n) is 9.72. The van der Waals surface area contributed by atoms with Gasteiger partial charge in [-0.25, -0.2) is 0 Å². The number of benzene rings is 2. The van der Waals surface area contributed by atoms with Gasteiger partial charge in [0.05, 0.1) is 5.92 Å². The molecule has 2 aliphatic heterocycles. The highest BCUT2D eigenvalue weighted by molar-refractivity contribution is 9.10. The Labute approximate surface area is 201 Å². The second kappa shape index (κ2) is 11.4. The van der Waals surface area contributed by atoms with Crippen LogP contribution in [0.4, 0.5) is 0 Å². The number of likely N-dealkylation sites (tertiary alicyclic amines) is 2. The van der Waals surface area contributed by atoms with Crippen LogP contribution in [0.25, 0.3) is 0 Å². The number of amides is 1. The molecule has 2 aromatic carbocycles. The van der Waals surface area contributed by atoms with Crippen LogP contribution in [-0.2, 0) is 24.4 Å². The van der Waals surface area contributed by atoms with E-state index in [2.05, 4.69) is 86.5 Å². The molecule has 1 amide bonds. The Morgan fingerprint density at radius 1 is 0.875 bits per heavy atom. The zero-order valence-corrected chi connectivity index (χ0v) is 20.8. The van der Waals surface area contributed by atoms with Crippen molar-refractivity contribution >= 4 is 21.8 Å². The van der Waals surface area contributed by atoms with Crippen LogP contribution in [0.15, 0.2) is 53.0 Å². The van der Waals surface area contributed by atoms with Crippen LogP contribution in [0.2, 0.25) is 0 Å². The highest BCUT2D eigenvalue weighted by Crippen LogP contribution is 2.21. The second-order valence-corrected chi connectivity index (χ2v) is 10.6. The zero-order chi connectivity index (χ0) is 22.3. The largest absolute Gasteiger partial charge is 0.352 e. The van der Waals surface area contributed by atoms with Gasteiger partial charge >= 0.3 is 0 Å². The van der Waals surface area contributed by atoms with Gasteiger partial charge in [0.15, 0.2) is 0 Å². The van der Waals surface area contributed by atoms with Gasteiger partial charge in [-0.15, -0.1) is 0 Å². The summed E-state index contributed by atoms with van der Waals surface area (Å²) in [4.78, 5) is 17.8. The van der Waals surface area contributed by atoms with Crippen molar-refractivity contribution in [3.63, 3.8) is 0 Å². The van der Waals surface area contributed by atoms with Crippen LogP contribution in [-0.4, -0.2) is 41.9 Å². The molecule has 2 aromatic rings. The standard InChI is InChI=1S/C27H36BrN3O/c1-21-4-2-14-30(17-21)18-23-8-6-22(7-9-23)16-29-27(32)25-5-3-15-31(20-25)19-24-10-12-26(28)13-11-24/h6-13,21,25H,2-5,14-20H2,1H3,(H,29,32). The quantitative estimate of drug-likeness (QED) is 0.570. The van der Waals surface area contributed by atoms with E-state index in [4.69, 9.17) is 0 Å². The van der Waals surface area contributed by atoms with Crippen molar-refractivity contribution in [2.24, 2.45) is 11.8 Å². The van der Waals surface area contributed by atoms with E-state index < -0.39 is 0 Å². The minimum absolute atomic E-state index is 0.0829. The van der Waals surface area contributed by atoms with E-state index >= 15 is 0 Å². The Kier molecular flexibility index (Phi) is 8.39. The molecular weight excluding hydrogens is 462 g/mol. The number of carbonyl (C=O) groups is 1. The molecule has 32 heavy (non-hydrogen) atoms. The zero-order valence-electron chi connectivity index (χ0n) is 19.2. The van der Waals surface area contributed by atoms with Crippen molar-refractivity contribution in [2.45, 2.75) is 52.2 Å². The number of hydrogen-bond acceptors (Lipinski definition) is 3. The first kappa shape index (κ1) is 23.5. The highest BCUT2D eigenvalue weighted by Gasteiger charge is 2.25. The van der Waals surface area contributed by atoms with Crippen molar-refractivity contribution in [1.29, 1.82) is 0 Å². The van der Waals surface area contributed by atoms with Crippen LogP contribution >= 0.6 is 15.9 Å². The summed E-state index contributed by atoms with van der Waals surface area (Å²) in [6.45, 7) is 9.24. The van der Waals surface area contributed by atoms with Crippen LogP contribution in [0, 0.1) is 11.8 Å². The van der Waals surface area contributed by atoms with Crippen LogP contribution in [0.3, 0.4) is 0 Å². The van der Waals surface area contributed by atoms with Gasteiger partial charge in [0.2, 0.25) is 5.91 Å². The molecule has 2 atom stereocenters. The molecule has 2 heterocycles. The summed E-state index contributed by atoms with van der Waals surface area (Å²) in [5.74, 6) is 1.08. The third-order valence-corrected chi connectivity index (χ3v) is 7.36. The molecule has 0 radical (unpaired) electrons. The van der Waals surface area contributed by atoms with Crippen LogP contribution in [0.1, 0.15) is 49.3 Å². The maximum absolute atomic E-state index is 12.8. The van der Waals surface area contributed by atoms with Gasteiger partial charge < -0.3 is 5.32 Å². The van der Waals surface area contributed by atoms with Crippen molar-refractivity contribution in [3.05, 3.63) is 69.7 Å². The Bertz CT molecular complexity index is 867. The summed E-state index contributed by atoms with van der Waals surface area (Å²) < 4.78 is 1.10. The number of rotatable bonds is 7. The summed E-state index contributed by atoms with van der Waals surface area (Å²) in [5, 5.41) is 3.18. The number of hydrogen-bond donors (Lipinski definition) is 1. The smallest absolute Gasteiger partial charge is 0.224 e. The Hall–Kier alpha value is -1.69. The molecule has 2 unspecified atom stereocenters. The molecule has 0 saturated carbocycles. The van der Waals surface area contributed by atoms with E-state index in [1.165, 1.54) is 42.6 Å². The lowest BCUT2D eigenvalue weighted by molar-refractivity contribution is -0.126. The van der Waals surface area contributed by atoms with E-state index in [9.17, 15) is 4.79 Å². The number of halogens is 1. The Balaban J connectivity index is 1.22. The van der Waals surface area contributed by atoms with Crippen LogP contribution < -0.4 is 5.32 Å². The maximum Gasteiger partial charge on any atom is 0.224 e. The fourth-order valence-electron chi connectivity index (χ4n) is 5.05. The lowest BCUT2D eigenvalue weighted by Gasteiger charge is -2.32. The van der Waals surface area contributed by atoms with Gasteiger partial charge in [-0.05, 0) is 73.5 Å². The van der Waals surface area contributed by atoms with E-state index in [1.54, 1.807) is 0 Å². The number of piperidine rings is 2. The van der Waals surface area contributed by atoms with E-state index in [0.717, 1.165) is 49.4 Å². The normalized spacial score (nSPS) is 22.6. The van der Waals surface area contributed by atoms with E-state index in [-0.39, 0.29) is 11.8 Å². The maximum atomic E-state index is 12.8. The molecule has 0 bridgehead atoms. The lowest BCUT2D eigenvalue weighted by atomic mass is 9.96. The lowest BCUT2D eigenvalue weighted by Crippen LogP contribution is -2.42. The summed E-state index contributed by atoms with van der Waals surface area (Å²) >= 11 is 3.50.